The first-order chi connectivity index (χ1) is 17.3. The average Bonchev–Trinajstić information content (AvgIpc) is 3.58. The van der Waals surface area contributed by atoms with E-state index in [2.05, 4.69) is 69.9 Å². The second kappa shape index (κ2) is 11.3. The molecule has 1 N–H and O–H groups in total. The van der Waals surface area contributed by atoms with Crippen LogP contribution >= 0.6 is 0 Å². The van der Waals surface area contributed by atoms with Crippen molar-refractivity contribution in [2.45, 2.75) is 32.0 Å². The molecule has 1 atom stereocenters. The van der Waals surface area contributed by atoms with E-state index < -0.39 is 0 Å². The van der Waals surface area contributed by atoms with E-state index in [1.807, 2.05) is 29.1 Å². The van der Waals surface area contributed by atoms with Crippen LogP contribution in [0.2, 0.25) is 0 Å². The number of aromatic nitrogens is 3. The van der Waals surface area contributed by atoms with Crippen LogP contribution in [0.5, 0.6) is 5.75 Å². The van der Waals surface area contributed by atoms with Gasteiger partial charge in [-0.3, -0.25) is 14.6 Å². The molecule has 0 bridgehead atoms. The second-order valence-corrected chi connectivity index (χ2v) is 9.09. The Balaban J connectivity index is 1.35. The van der Waals surface area contributed by atoms with Crippen LogP contribution in [0, 0.1) is 0 Å². The van der Waals surface area contributed by atoms with Crippen molar-refractivity contribution < 1.29 is 4.74 Å². The highest BCUT2D eigenvalue weighted by atomic mass is 16.5. The summed E-state index contributed by atoms with van der Waals surface area (Å²) in [6.07, 6.45) is 8.38. The van der Waals surface area contributed by atoms with Crippen molar-refractivity contribution in [3.8, 4) is 17.0 Å². The zero-order valence-corrected chi connectivity index (χ0v) is 20.3. The highest BCUT2D eigenvalue weighted by Gasteiger charge is 2.24. The lowest BCUT2D eigenvalue weighted by Gasteiger charge is -2.28. The fourth-order valence-corrected chi connectivity index (χ4v) is 4.89. The van der Waals surface area contributed by atoms with Crippen molar-refractivity contribution in [3.63, 3.8) is 0 Å². The molecule has 6 nitrogen and oxygen atoms in total. The Bertz CT molecular complexity index is 1200. The van der Waals surface area contributed by atoms with Gasteiger partial charge in [-0.15, -0.1) is 0 Å². The third-order valence-corrected chi connectivity index (χ3v) is 6.67. The summed E-state index contributed by atoms with van der Waals surface area (Å²) in [6, 6.07) is 23.3. The summed E-state index contributed by atoms with van der Waals surface area (Å²) in [5.74, 6) is 0.910. The van der Waals surface area contributed by atoms with E-state index in [-0.39, 0.29) is 0 Å². The minimum atomic E-state index is 0.314. The molecule has 1 aliphatic heterocycles. The minimum Gasteiger partial charge on any atom is -0.497 e. The van der Waals surface area contributed by atoms with Gasteiger partial charge in [0.15, 0.2) is 0 Å². The maximum absolute atomic E-state index is 5.50. The summed E-state index contributed by atoms with van der Waals surface area (Å²) in [5.41, 5.74) is 5.74. The van der Waals surface area contributed by atoms with Crippen LogP contribution in [-0.2, 0) is 13.1 Å². The summed E-state index contributed by atoms with van der Waals surface area (Å²) < 4.78 is 7.54. The van der Waals surface area contributed by atoms with Gasteiger partial charge < -0.3 is 10.1 Å². The molecule has 1 fully saturated rings. The van der Waals surface area contributed by atoms with Crippen LogP contribution in [0.25, 0.3) is 11.3 Å². The molecule has 2 aromatic carbocycles. The monoisotopic (exact) mass is 467 g/mol. The van der Waals surface area contributed by atoms with Gasteiger partial charge in [-0.2, -0.15) is 5.10 Å². The highest BCUT2D eigenvalue weighted by Crippen LogP contribution is 2.28. The van der Waals surface area contributed by atoms with E-state index in [1.165, 1.54) is 29.5 Å². The molecule has 4 aromatic rings. The topological polar surface area (TPSA) is 55.2 Å². The van der Waals surface area contributed by atoms with Gasteiger partial charge in [0, 0.05) is 48.8 Å². The van der Waals surface area contributed by atoms with Gasteiger partial charge in [0.2, 0.25) is 0 Å². The number of methoxy groups -OCH3 is 1. The van der Waals surface area contributed by atoms with Crippen LogP contribution in [0.4, 0.5) is 0 Å². The molecule has 0 spiro atoms. The van der Waals surface area contributed by atoms with Gasteiger partial charge in [-0.05, 0) is 61.3 Å². The first-order valence-corrected chi connectivity index (χ1v) is 12.4. The van der Waals surface area contributed by atoms with Gasteiger partial charge in [0.25, 0.3) is 0 Å². The molecule has 1 saturated heterocycles. The first kappa shape index (κ1) is 23.3. The van der Waals surface area contributed by atoms with Crippen molar-refractivity contribution >= 4 is 0 Å². The zero-order valence-electron chi connectivity index (χ0n) is 20.3. The predicted molar refractivity (Wildman–Crippen MR) is 139 cm³/mol. The Morgan fingerprint density at radius 3 is 2.63 bits per heavy atom. The van der Waals surface area contributed by atoms with Crippen LogP contribution in [-0.4, -0.2) is 46.4 Å². The lowest BCUT2D eigenvalue weighted by Crippen LogP contribution is -2.34. The maximum atomic E-state index is 5.50. The van der Waals surface area contributed by atoms with Gasteiger partial charge in [0.1, 0.15) is 5.75 Å². The third-order valence-electron chi connectivity index (χ3n) is 6.67. The molecule has 35 heavy (non-hydrogen) atoms. The van der Waals surface area contributed by atoms with Crippen LogP contribution in [0.15, 0.2) is 85.3 Å². The fourth-order valence-electron chi connectivity index (χ4n) is 4.89. The van der Waals surface area contributed by atoms with Gasteiger partial charge in [-0.1, -0.05) is 42.5 Å². The van der Waals surface area contributed by atoms with Gasteiger partial charge in [0.05, 0.1) is 19.3 Å². The van der Waals surface area contributed by atoms with E-state index in [9.17, 15) is 0 Å². The number of hydrogen-bond donors (Lipinski definition) is 1. The van der Waals surface area contributed by atoms with E-state index in [0.717, 1.165) is 49.7 Å². The Kier molecular flexibility index (Phi) is 7.51. The molecular formula is C29H33N5O. The van der Waals surface area contributed by atoms with Crippen molar-refractivity contribution in [2.24, 2.45) is 0 Å². The van der Waals surface area contributed by atoms with Crippen LogP contribution < -0.4 is 10.1 Å². The lowest BCUT2D eigenvalue weighted by molar-refractivity contribution is 0.238. The number of hydrogen-bond acceptors (Lipinski definition) is 5. The molecule has 1 unspecified atom stereocenters. The molecule has 5 rings (SSSR count). The van der Waals surface area contributed by atoms with E-state index in [0.29, 0.717) is 6.04 Å². The first-order valence-electron chi connectivity index (χ1n) is 12.4. The molecule has 1 aliphatic rings. The quantitative estimate of drug-likeness (QED) is 0.358. The molecule has 0 amide bonds. The fraction of sp³-hybridized carbons (Fsp3) is 0.310. The zero-order chi connectivity index (χ0) is 23.9. The summed E-state index contributed by atoms with van der Waals surface area (Å²) >= 11 is 0. The Morgan fingerprint density at radius 2 is 1.86 bits per heavy atom. The minimum absolute atomic E-state index is 0.314. The summed E-state index contributed by atoms with van der Waals surface area (Å²) in [7, 11) is 1.73. The molecule has 0 radical (unpaired) electrons. The molecule has 6 heteroatoms. The summed E-state index contributed by atoms with van der Waals surface area (Å²) in [4.78, 5) is 6.91. The highest BCUT2D eigenvalue weighted by molar-refractivity contribution is 5.61. The van der Waals surface area contributed by atoms with Crippen LogP contribution in [0.3, 0.4) is 0 Å². The number of nitrogens with one attached hydrogen (secondary N) is 1. The summed E-state index contributed by atoms with van der Waals surface area (Å²) in [5, 5.41) is 8.69. The number of ether oxygens (including phenoxy) is 1. The molecule has 180 valence electrons. The van der Waals surface area contributed by atoms with Crippen molar-refractivity contribution in [3.05, 3.63) is 102 Å². The Labute approximate surface area is 207 Å². The standard InChI is InChI=1S/C29H33N5O/c1-35-27-13-7-11-24(17-27)28(33-15-5-6-16-33)20-31-19-26-22-34(21-23-9-3-2-4-10-23)32-29(26)25-12-8-14-30-18-25/h2-4,7-14,17-18,22,28,31H,5-6,15-16,19-21H2,1H3. The van der Waals surface area contributed by atoms with Crippen LogP contribution in [0.1, 0.15) is 35.6 Å². The smallest absolute Gasteiger partial charge is 0.119 e. The average molecular weight is 468 g/mol. The number of rotatable bonds is 10. The van der Waals surface area contributed by atoms with Crippen molar-refractivity contribution in [1.82, 2.24) is 25.0 Å². The molecule has 0 aliphatic carbocycles. The number of pyridine rings is 1. The van der Waals surface area contributed by atoms with Crippen molar-refractivity contribution in [1.29, 1.82) is 0 Å². The number of likely N-dealkylation sites (tertiary alicyclic amines) is 1. The third kappa shape index (κ3) is 5.78. The SMILES string of the molecule is COc1cccc(C(CNCc2cn(Cc3ccccc3)nc2-c2cccnc2)N2CCCC2)c1. The maximum Gasteiger partial charge on any atom is 0.119 e. The van der Waals surface area contributed by atoms with E-state index >= 15 is 0 Å². The Morgan fingerprint density at radius 1 is 1.00 bits per heavy atom. The Hall–Kier alpha value is -3.48. The number of nitrogens with zero attached hydrogens (tertiary/aromatic N) is 4. The largest absolute Gasteiger partial charge is 0.497 e. The van der Waals surface area contributed by atoms with Gasteiger partial charge in [-0.25, -0.2) is 0 Å². The normalized spacial score (nSPS) is 14.8. The second-order valence-electron chi connectivity index (χ2n) is 9.09. The summed E-state index contributed by atoms with van der Waals surface area (Å²) in [6.45, 7) is 4.63. The van der Waals surface area contributed by atoms with Crippen molar-refractivity contribution in [2.75, 3.05) is 26.7 Å². The van der Waals surface area contributed by atoms with E-state index in [4.69, 9.17) is 9.84 Å². The van der Waals surface area contributed by atoms with Gasteiger partial charge >= 0.3 is 0 Å². The number of benzene rings is 2. The molecule has 0 saturated carbocycles. The predicted octanol–water partition coefficient (Wildman–Crippen LogP) is 4.93. The van der Waals surface area contributed by atoms with E-state index in [1.54, 1.807) is 13.3 Å². The molecule has 2 aromatic heterocycles. The lowest BCUT2D eigenvalue weighted by atomic mass is 10.0. The molecular weight excluding hydrogens is 434 g/mol. The molecule has 3 heterocycles.